The van der Waals surface area contributed by atoms with Gasteiger partial charge >= 0.3 is 0 Å². The molecule has 0 atom stereocenters. The van der Waals surface area contributed by atoms with Gasteiger partial charge in [0.05, 0.1) is 31.8 Å². The average Bonchev–Trinajstić information content (AvgIpc) is 2.38. The monoisotopic (exact) mass is 293 g/mol. The molecule has 0 saturated heterocycles. The zero-order valence-electron chi connectivity index (χ0n) is 11.9. The zero-order chi connectivity index (χ0) is 15.8. The van der Waals surface area contributed by atoms with Crippen molar-refractivity contribution in [2.24, 2.45) is 11.5 Å². The highest BCUT2D eigenvalue weighted by molar-refractivity contribution is 6.00. The molecule has 0 aliphatic carbocycles. The van der Waals surface area contributed by atoms with Crippen LogP contribution >= 0.6 is 0 Å². The van der Waals surface area contributed by atoms with Gasteiger partial charge in [-0.1, -0.05) is 12.1 Å². The topological polar surface area (TPSA) is 116 Å². The van der Waals surface area contributed by atoms with Crippen molar-refractivity contribution in [3.63, 3.8) is 0 Å². The third kappa shape index (κ3) is 5.62. The highest BCUT2D eigenvalue weighted by Crippen LogP contribution is 2.18. The lowest BCUT2D eigenvalue weighted by molar-refractivity contribution is -0.121. The summed E-state index contributed by atoms with van der Waals surface area (Å²) < 4.78 is 5.38. The predicted octanol–water partition coefficient (Wildman–Crippen LogP) is -0.459. The first-order chi connectivity index (χ1) is 9.93. The normalized spacial score (nSPS) is 10.4. The minimum Gasteiger partial charge on any atom is -0.493 e. The van der Waals surface area contributed by atoms with Gasteiger partial charge in [-0.25, -0.2) is 0 Å². The molecule has 0 aliphatic heterocycles. The molecule has 0 bridgehead atoms. The second kappa shape index (κ2) is 8.01. The number of carbonyl (C=O) groups excluding carboxylic acids is 3. The molecule has 0 aromatic heterocycles. The minimum atomic E-state index is -0.637. The number of para-hydroxylation sites is 1. The molecule has 1 aromatic carbocycles. The number of ether oxygens (including phenoxy) is 1. The fourth-order valence-corrected chi connectivity index (χ4v) is 1.88. The molecular weight excluding hydrogens is 274 g/mol. The first-order valence-corrected chi connectivity index (χ1v) is 6.48. The van der Waals surface area contributed by atoms with E-state index < -0.39 is 11.8 Å². The van der Waals surface area contributed by atoms with Crippen molar-refractivity contribution in [1.82, 2.24) is 4.90 Å². The summed E-state index contributed by atoms with van der Waals surface area (Å²) in [6.45, 7) is 1.66. The van der Waals surface area contributed by atoms with Crippen LogP contribution in [0.1, 0.15) is 17.3 Å². The lowest BCUT2D eigenvalue weighted by Gasteiger charge is -2.18. The number of nitrogens with zero attached hydrogens (tertiary/aromatic N) is 1. The molecule has 0 radical (unpaired) electrons. The number of nitrogens with two attached hydrogens (primary N) is 2. The van der Waals surface area contributed by atoms with Crippen molar-refractivity contribution < 1.29 is 19.1 Å². The number of benzene rings is 1. The van der Waals surface area contributed by atoms with E-state index in [1.807, 2.05) is 6.92 Å². The molecule has 7 nitrogen and oxygen atoms in total. The van der Waals surface area contributed by atoms with Gasteiger partial charge in [0.25, 0.3) is 0 Å². The third-order valence-corrected chi connectivity index (χ3v) is 2.61. The number of hydrogen-bond acceptors (Lipinski definition) is 5. The molecule has 0 saturated carbocycles. The number of rotatable bonds is 9. The average molecular weight is 293 g/mol. The molecule has 4 N–H and O–H groups in total. The van der Waals surface area contributed by atoms with Crippen molar-refractivity contribution in [2.45, 2.75) is 6.92 Å². The van der Waals surface area contributed by atoms with Crippen LogP contribution in [0.3, 0.4) is 0 Å². The van der Waals surface area contributed by atoms with Crippen molar-refractivity contribution in [2.75, 3.05) is 26.2 Å². The van der Waals surface area contributed by atoms with Crippen molar-refractivity contribution in [3.05, 3.63) is 29.8 Å². The van der Waals surface area contributed by atoms with Crippen LogP contribution in [0.2, 0.25) is 0 Å². The van der Waals surface area contributed by atoms with Crippen LogP contribution in [0.15, 0.2) is 24.3 Å². The number of amides is 2. The van der Waals surface area contributed by atoms with E-state index in [1.54, 1.807) is 24.3 Å². The van der Waals surface area contributed by atoms with Crippen LogP contribution in [0, 0.1) is 0 Å². The van der Waals surface area contributed by atoms with E-state index >= 15 is 0 Å². The van der Waals surface area contributed by atoms with Crippen LogP contribution in [0.5, 0.6) is 5.75 Å². The van der Waals surface area contributed by atoms with Gasteiger partial charge in [-0.15, -0.1) is 0 Å². The molecule has 0 fully saturated rings. The molecule has 0 heterocycles. The van der Waals surface area contributed by atoms with Gasteiger partial charge in [0, 0.05) is 0 Å². The lowest BCUT2D eigenvalue weighted by atomic mass is 10.1. The molecule has 1 rings (SSSR count). The number of carbonyl (C=O) groups is 3. The summed E-state index contributed by atoms with van der Waals surface area (Å²) >= 11 is 0. The largest absolute Gasteiger partial charge is 0.493 e. The van der Waals surface area contributed by atoms with E-state index in [-0.39, 0.29) is 25.4 Å². The van der Waals surface area contributed by atoms with Crippen LogP contribution in [0.25, 0.3) is 0 Å². The number of Topliss-reactive ketones (excluding diaryl/α,β-unsaturated/α-hetero) is 1. The molecule has 0 aliphatic rings. The second-order valence-electron chi connectivity index (χ2n) is 4.43. The maximum Gasteiger partial charge on any atom is 0.231 e. The number of ketones is 1. The molecule has 21 heavy (non-hydrogen) atoms. The van der Waals surface area contributed by atoms with Gasteiger partial charge in [-0.3, -0.25) is 19.3 Å². The minimum absolute atomic E-state index is 0.143. The number of hydrogen-bond donors (Lipinski definition) is 2. The maximum absolute atomic E-state index is 12.3. The Hall–Kier alpha value is -2.41. The van der Waals surface area contributed by atoms with Crippen LogP contribution in [0.4, 0.5) is 0 Å². The van der Waals surface area contributed by atoms with E-state index in [0.29, 0.717) is 17.9 Å². The first-order valence-electron chi connectivity index (χ1n) is 6.48. The van der Waals surface area contributed by atoms with Gasteiger partial charge < -0.3 is 16.2 Å². The summed E-state index contributed by atoms with van der Waals surface area (Å²) in [4.78, 5) is 35.5. The highest BCUT2D eigenvalue weighted by Gasteiger charge is 2.18. The zero-order valence-corrected chi connectivity index (χ0v) is 11.9. The standard InChI is InChI=1S/C14H19N3O4/c1-2-21-12-6-4-3-5-10(12)11(18)7-17(8-13(15)19)9-14(16)20/h3-6H,2,7-9H2,1H3,(H2,15,19)(H2,16,20). The fourth-order valence-electron chi connectivity index (χ4n) is 1.88. The van der Waals surface area contributed by atoms with Crippen LogP contribution in [-0.2, 0) is 9.59 Å². The van der Waals surface area contributed by atoms with E-state index in [2.05, 4.69) is 0 Å². The molecule has 7 heteroatoms. The lowest BCUT2D eigenvalue weighted by Crippen LogP contribution is -2.42. The van der Waals surface area contributed by atoms with E-state index in [9.17, 15) is 14.4 Å². The summed E-state index contributed by atoms with van der Waals surface area (Å²) in [6.07, 6.45) is 0. The van der Waals surface area contributed by atoms with Crippen molar-refractivity contribution in [3.8, 4) is 5.75 Å². The fraction of sp³-hybridized carbons (Fsp3) is 0.357. The molecule has 0 unspecified atom stereocenters. The molecule has 2 amide bonds. The second-order valence-corrected chi connectivity index (χ2v) is 4.43. The van der Waals surface area contributed by atoms with Gasteiger partial charge in [0.1, 0.15) is 5.75 Å². The predicted molar refractivity (Wildman–Crippen MR) is 76.8 cm³/mol. The van der Waals surface area contributed by atoms with E-state index in [1.165, 1.54) is 4.90 Å². The van der Waals surface area contributed by atoms with Gasteiger partial charge in [0.2, 0.25) is 11.8 Å². The Kier molecular flexibility index (Phi) is 6.35. The third-order valence-electron chi connectivity index (χ3n) is 2.61. The van der Waals surface area contributed by atoms with Gasteiger partial charge in [-0.05, 0) is 19.1 Å². The summed E-state index contributed by atoms with van der Waals surface area (Å²) in [6, 6.07) is 6.78. The molecule has 114 valence electrons. The molecule has 0 spiro atoms. The van der Waals surface area contributed by atoms with E-state index in [0.717, 1.165) is 0 Å². The Labute approximate surface area is 122 Å². The van der Waals surface area contributed by atoms with Crippen molar-refractivity contribution >= 4 is 17.6 Å². The number of primary amides is 2. The Bertz CT molecular complexity index is 515. The summed E-state index contributed by atoms with van der Waals surface area (Å²) in [5, 5.41) is 0. The molecular formula is C14H19N3O4. The van der Waals surface area contributed by atoms with Gasteiger partial charge in [-0.2, -0.15) is 0 Å². The Morgan fingerprint density at radius 3 is 2.14 bits per heavy atom. The Morgan fingerprint density at radius 1 is 1.05 bits per heavy atom. The summed E-state index contributed by atoms with van der Waals surface area (Å²) in [5.41, 5.74) is 10.6. The SMILES string of the molecule is CCOc1ccccc1C(=O)CN(CC(N)=O)CC(N)=O. The summed E-state index contributed by atoms with van der Waals surface area (Å²) in [5.74, 6) is -1.09. The smallest absolute Gasteiger partial charge is 0.231 e. The Morgan fingerprint density at radius 2 is 1.62 bits per heavy atom. The van der Waals surface area contributed by atoms with Crippen molar-refractivity contribution in [1.29, 1.82) is 0 Å². The Balaban J connectivity index is 2.85. The highest BCUT2D eigenvalue weighted by atomic mass is 16.5. The van der Waals surface area contributed by atoms with Crippen LogP contribution in [-0.4, -0.2) is 48.7 Å². The quantitative estimate of drug-likeness (QED) is 0.598. The first kappa shape index (κ1) is 16.6. The molecule has 1 aromatic rings. The summed E-state index contributed by atoms with van der Waals surface area (Å²) in [7, 11) is 0. The van der Waals surface area contributed by atoms with Gasteiger partial charge in [0.15, 0.2) is 5.78 Å². The van der Waals surface area contributed by atoms with E-state index in [4.69, 9.17) is 16.2 Å². The van der Waals surface area contributed by atoms with Crippen LogP contribution < -0.4 is 16.2 Å². The maximum atomic E-state index is 12.3.